The molecule has 1 fully saturated rings. The molecule has 3 rings (SSSR count). The van der Waals surface area contributed by atoms with Gasteiger partial charge in [-0.3, -0.25) is 13.9 Å². The summed E-state index contributed by atoms with van der Waals surface area (Å²) in [6, 6.07) is 11.8. The third-order valence-corrected chi connectivity index (χ3v) is 10.6. The van der Waals surface area contributed by atoms with Crippen molar-refractivity contribution in [2.75, 3.05) is 30.5 Å². The lowest BCUT2D eigenvalue weighted by Gasteiger charge is -2.35. The van der Waals surface area contributed by atoms with Crippen LogP contribution in [0.1, 0.15) is 77.6 Å². The number of carbonyl (C=O) groups is 3. The minimum Gasteiger partial charge on any atom is -0.444 e. The number of nitrogens with zero attached hydrogens (tertiary/aromatic N) is 2. The number of nitrogens with one attached hydrogen (secondary N) is 2. The summed E-state index contributed by atoms with van der Waals surface area (Å²) >= 11 is 6.02. The molecule has 2 aromatic rings. The average Bonchev–Trinajstić information content (AvgIpc) is 3.24. The maximum Gasteiger partial charge on any atom is 0.410 e. The SMILES string of the molecule is C=CCN(c1ccc(Cl)cc1)S(=O)(=O)c1cccc(C(=O)NC(CNC(=O)C2(CC=C)CCCN(C(=O)OC(C)(C)C)CC2)C(C)(C)C)c1. The van der Waals surface area contributed by atoms with Crippen LogP contribution in [0, 0.1) is 10.8 Å². The zero-order chi connectivity index (χ0) is 36.6. The summed E-state index contributed by atoms with van der Waals surface area (Å²) in [5, 5.41) is 6.57. The standard InChI is InChI=1S/C37H51ClN4O6S/c1-9-19-37(20-12-23-41(24-21-37)34(45)48-36(6,7)8)33(44)39-26-31(35(3,4)5)40-32(43)27-13-11-14-30(25-27)49(46,47)42(22-10-2)29-17-15-28(38)16-18-29/h9-11,13-18,25,31H,1-2,12,19-24,26H2,3-8H3,(H,39,44)(H,40,43). The smallest absolute Gasteiger partial charge is 0.410 e. The molecule has 10 nitrogen and oxygen atoms in total. The molecule has 3 amide bonds. The number of anilines is 1. The van der Waals surface area contributed by atoms with Crippen LogP contribution in [0.3, 0.4) is 0 Å². The van der Waals surface area contributed by atoms with Gasteiger partial charge in [-0.2, -0.15) is 0 Å². The Morgan fingerprint density at radius 3 is 2.29 bits per heavy atom. The maximum absolute atomic E-state index is 13.9. The molecule has 1 heterocycles. The second-order valence-electron chi connectivity index (χ2n) is 14.5. The molecule has 268 valence electrons. The van der Waals surface area contributed by atoms with Gasteiger partial charge in [0.05, 0.1) is 28.6 Å². The molecule has 2 aromatic carbocycles. The molecule has 2 N–H and O–H groups in total. The molecule has 49 heavy (non-hydrogen) atoms. The molecule has 12 heteroatoms. The molecule has 0 spiro atoms. The van der Waals surface area contributed by atoms with Crippen molar-refractivity contribution in [2.24, 2.45) is 10.8 Å². The van der Waals surface area contributed by atoms with E-state index in [-0.39, 0.29) is 29.5 Å². The first-order valence-electron chi connectivity index (χ1n) is 16.5. The molecule has 1 saturated heterocycles. The number of allylic oxidation sites excluding steroid dienone is 1. The first kappa shape index (κ1) is 39.6. The summed E-state index contributed by atoms with van der Waals surface area (Å²) in [5.74, 6) is -0.643. The number of hydrogen-bond acceptors (Lipinski definition) is 6. The van der Waals surface area contributed by atoms with E-state index >= 15 is 0 Å². The van der Waals surface area contributed by atoms with Gasteiger partial charge in [-0.25, -0.2) is 13.2 Å². The molecule has 0 bridgehead atoms. The number of sulfonamides is 1. The number of benzene rings is 2. The average molecular weight is 715 g/mol. The van der Waals surface area contributed by atoms with Gasteiger partial charge in [0.2, 0.25) is 5.91 Å². The van der Waals surface area contributed by atoms with Crippen LogP contribution in [0.25, 0.3) is 0 Å². The van der Waals surface area contributed by atoms with Gasteiger partial charge in [0.25, 0.3) is 15.9 Å². The second-order valence-corrected chi connectivity index (χ2v) is 16.8. The number of hydrogen-bond donors (Lipinski definition) is 2. The Labute approximate surface area is 297 Å². The number of carbonyl (C=O) groups excluding carboxylic acids is 3. The van der Waals surface area contributed by atoms with Gasteiger partial charge in [0.1, 0.15) is 5.60 Å². The fraction of sp³-hybridized carbons (Fsp3) is 0.486. The molecule has 0 aromatic heterocycles. The Morgan fingerprint density at radius 2 is 1.69 bits per heavy atom. The second kappa shape index (κ2) is 16.3. The number of likely N-dealkylation sites (tertiary alicyclic amines) is 1. The zero-order valence-electron chi connectivity index (χ0n) is 29.6. The van der Waals surface area contributed by atoms with Crippen molar-refractivity contribution in [3.05, 3.63) is 84.4 Å². The van der Waals surface area contributed by atoms with Crippen molar-refractivity contribution in [3.8, 4) is 0 Å². The van der Waals surface area contributed by atoms with E-state index in [1.54, 1.807) is 41.3 Å². The van der Waals surface area contributed by atoms with Gasteiger partial charge < -0.3 is 20.3 Å². The lowest BCUT2D eigenvalue weighted by Crippen LogP contribution is -2.53. The van der Waals surface area contributed by atoms with E-state index in [0.717, 1.165) is 0 Å². The lowest BCUT2D eigenvalue weighted by molar-refractivity contribution is -0.132. The van der Waals surface area contributed by atoms with Gasteiger partial charge in [-0.05, 0) is 94.3 Å². The molecular formula is C37H51ClN4O6S. The van der Waals surface area contributed by atoms with E-state index < -0.39 is 44.5 Å². The van der Waals surface area contributed by atoms with E-state index in [9.17, 15) is 22.8 Å². The molecule has 2 atom stereocenters. The predicted octanol–water partition coefficient (Wildman–Crippen LogP) is 6.97. The van der Waals surface area contributed by atoms with Crippen LogP contribution < -0.4 is 14.9 Å². The van der Waals surface area contributed by atoms with Gasteiger partial charge in [-0.1, -0.05) is 50.6 Å². The highest BCUT2D eigenvalue weighted by Crippen LogP contribution is 2.36. The molecule has 0 aliphatic carbocycles. The summed E-state index contributed by atoms with van der Waals surface area (Å²) in [5.41, 5.74) is -1.29. The van der Waals surface area contributed by atoms with Crippen LogP contribution in [-0.2, 0) is 19.6 Å². The van der Waals surface area contributed by atoms with Gasteiger partial charge in [-0.15, -0.1) is 13.2 Å². The number of amides is 3. The normalized spacial score (nSPS) is 17.7. The van der Waals surface area contributed by atoms with Crippen LogP contribution in [-0.4, -0.2) is 69.0 Å². The van der Waals surface area contributed by atoms with Crippen LogP contribution in [0.5, 0.6) is 0 Å². The Hall–Kier alpha value is -3.83. The van der Waals surface area contributed by atoms with E-state index in [1.165, 1.54) is 28.6 Å². The highest BCUT2D eigenvalue weighted by Gasteiger charge is 2.41. The summed E-state index contributed by atoms with van der Waals surface area (Å²) in [7, 11) is -4.07. The lowest BCUT2D eigenvalue weighted by atomic mass is 9.76. The number of halogens is 1. The Morgan fingerprint density at radius 1 is 1.02 bits per heavy atom. The van der Waals surface area contributed by atoms with Crippen molar-refractivity contribution in [1.29, 1.82) is 0 Å². The summed E-state index contributed by atoms with van der Waals surface area (Å²) in [4.78, 5) is 41.8. The topological polar surface area (TPSA) is 125 Å². The van der Waals surface area contributed by atoms with Crippen LogP contribution in [0.15, 0.2) is 78.7 Å². The van der Waals surface area contributed by atoms with Gasteiger partial charge in [0.15, 0.2) is 0 Å². The maximum atomic E-state index is 13.9. The van der Waals surface area contributed by atoms with Crippen molar-refractivity contribution in [2.45, 2.75) is 83.8 Å². The Kier molecular flexibility index (Phi) is 13.1. The largest absolute Gasteiger partial charge is 0.444 e. The highest BCUT2D eigenvalue weighted by atomic mass is 35.5. The quantitative estimate of drug-likeness (QED) is 0.229. The third-order valence-electron chi connectivity index (χ3n) is 8.52. The van der Waals surface area contributed by atoms with Gasteiger partial charge >= 0.3 is 6.09 Å². The van der Waals surface area contributed by atoms with Gasteiger partial charge in [0, 0.05) is 30.2 Å². The zero-order valence-corrected chi connectivity index (χ0v) is 31.1. The highest BCUT2D eigenvalue weighted by molar-refractivity contribution is 7.92. The van der Waals surface area contributed by atoms with Crippen molar-refractivity contribution >= 4 is 45.2 Å². The molecular weight excluding hydrogens is 664 g/mol. The fourth-order valence-electron chi connectivity index (χ4n) is 5.69. The van der Waals surface area contributed by atoms with Crippen molar-refractivity contribution in [3.63, 3.8) is 0 Å². The first-order chi connectivity index (χ1) is 22.8. The first-order valence-corrected chi connectivity index (χ1v) is 18.3. The summed E-state index contributed by atoms with van der Waals surface area (Å²) in [6.07, 6.45) is 4.89. The minimum absolute atomic E-state index is 0.0125. The number of ether oxygens (including phenoxy) is 1. The molecule has 1 aliphatic heterocycles. The summed E-state index contributed by atoms with van der Waals surface area (Å²) < 4.78 is 34.3. The molecule has 0 saturated carbocycles. The van der Waals surface area contributed by atoms with E-state index in [0.29, 0.717) is 49.5 Å². The Bertz CT molecular complexity index is 1610. The van der Waals surface area contributed by atoms with E-state index in [4.69, 9.17) is 16.3 Å². The molecule has 1 aliphatic rings. The van der Waals surface area contributed by atoms with Crippen LogP contribution >= 0.6 is 11.6 Å². The van der Waals surface area contributed by atoms with E-state index in [2.05, 4.69) is 23.8 Å². The third kappa shape index (κ3) is 10.6. The minimum atomic E-state index is -4.07. The Balaban J connectivity index is 1.77. The predicted molar refractivity (Wildman–Crippen MR) is 195 cm³/mol. The molecule has 2 unspecified atom stereocenters. The summed E-state index contributed by atoms with van der Waals surface area (Å²) in [6.45, 7) is 19.9. The monoisotopic (exact) mass is 714 g/mol. The molecule has 0 radical (unpaired) electrons. The van der Waals surface area contributed by atoms with E-state index in [1.807, 2.05) is 41.5 Å². The van der Waals surface area contributed by atoms with Crippen molar-refractivity contribution in [1.82, 2.24) is 15.5 Å². The fourth-order valence-corrected chi connectivity index (χ4v) is 7.30. The number of rotatable bonds is 12. The van der Waals surface area contributed by atoms with Crippen molar-refractivity contribution < 1.29 is 27.5 Å². The van der Waals surface area contributed by atoms with Crippen LogP contribution in [0.4, 0.5) is 10.5 Å². The van der Waals surface area contributed by atoms with Crippen LogP contribution in [0.2, 0.25) is 5.02 Å².